The van der Waals surface area contributed by atoms with Gasteiger partial charge in [-0.25, -0.2) is 22.4 Å². The Morgan fingerprint density at radius 2 is 1.00 bits per heavy atom. The molecule has 0 fully saturated rings. The Balaban J connectivity index is 1.14. The molecular weight excluding hydrogens is 490 g/mol. The predicted octanol–water partition coefficient (Wildman–Crippen LogP) is 8.31. The van der Waals surface area contributed by atoms with Crippen molar-refractivity contribution in [1.82, 2.24) is 9.97 Å². The molecule has 0 N–H and O–H groups in total. The second kappa shape index (κ2) is 9.18. The lowest BCUT2D eigenvalue weighted by Crippen LogP contribution is -1.78. The number of hydrogen-bond donors (Lipinski definition) is 0. The molecule has 0 aliphatic carbocycles. The van der Waals surface area contributed by atoms with Gasteiger partial charge in [-0.05, 0) is 84.9 Å². The molecular formula is C26H14F2N2O3S2. The highest BCUT2D eigenvalue weighted by Crippen LogP contribution is 2.34. The van der Waals surface area contributed by atoms with Crippen molar-refractivity contribution >= 4 is 46.3 Å². The van der Waals surface area contributed by atoms with Gasteiger partial charge in [-0.15, -0.1) is 0 Å². The molecule has 0 bridgehead atoms. The summed E-state index contributed by atoms with van der Waals surface area (Å²) in [4.78, 5) is 10.6. The number of hydrogen-bond acceptors (Lipinski definition) is 7. The Bertz CT molecular complexity index is 1520. The zero-order valence-corrected chi connectivity index (χ0v) is 19.4. The average molecular weight is 505 g/mol. The summed E-state index contributed by atoms with van der Waals surface area (Å²) in [6.45, 7) is 0. The van der Waals surface area contributed by atoms with Crippen LogP contribution in [-0.2, 0) is 3.63 Å². The lowest BCUT2D eigenvalue weighted by molar-refractivity contribution is 0.615. The number of fused-ring (bicyclic) bond motifs is 2. The van der Waals surface area contributed by atoms with E-state index in [1.807, 2.05) is 36.4 Å². The summed E-state index contributed by atoms with van der Waals surface area (Å²) < 4.78 is 43.8. The summed E-state index contributed by atoms with van der Waals surface area (Å²) >= 11 is 2.38. The molecule has 0 saturated heterocycles. The van der Waals surface area contributed by atoms with Gasteiger partial charge in [0.2, 0.25) is 11.8 Å². The molecule has 9 heteroatoms. The van der Waals surface area contributed by atoms with E-state index in [0.717, 1.165) is 9.79 Å². The van der Waals surface area contributed by atoms with E-state index in [1.54, 1.807) is 24.3 Å². The maximum atomic E-state index is 13.2. The van der Waals surface area contributed by atoms with Crippen LogP contribution in [0.15, 0.2) is 104 Å². The first-order chi connectivity index (χ1) is 17.1. The molecule has 172 valence electrons. The van der Waals surface area contributed by atoms with Crippen molar-refractivity contribution in [3.05, 3.63) is 96.6 Å². The fraction of sp³-hybridized carbons (Fsp3) is 0. The van der Waals surface area contributed by atoms with Crippen molar-refractivity contribution < 1.29 is 21.2 Å². The molecule has 0 spiro atoms. The zero-order chi connectivity index (χ0) is 23.8. The van der Waals surface area contributed by atoms with Crippen molar-refractivity contribution in [3.63, 3.8) is 0 Å². The van der Waals surface area contributed by atoms with Crippen molar-refractivity contribution in [2.45, 2.75) is 9.79 Å². The summed E-state index contributed by atoms with van der Waals surface area (Å²) in [6, 6.07) is 23.2. The van der Waals surface area contributed by atoms with E-state index in [0.29, 0.717) is 45.1 Å². The third kappa shape index (κ3) is 4.66. The van der Waals surface area contributed by atoms with E-state index in [4.69, 9.17) is 12.5 Å². The lowest BCUT2D eigenvalue weighted by atomic mass is 10.2. The highest BCUT2D eigenvalue weighted by atomic mass is 32.2. The minimum atomic E-state index is -0.311. The Morgan fingerprint density at radius 1 is 0.571 bits per heavy atom. The van der Waals surface area contributed by atoms with E-state index in [-0.39, 0.29) is 11.6 Å². The van der Waals surface area contributed by atoms with Crippen LogP contribution >= 0.6 is 24.1 Å². The highest BCUT2D eigenvalue weighted by molar-refractivity contribution is 8.07. The predicted molar refractivity (Wildman–Crippen MR) is 132 cm³/mol. The lowest BCUT2D eigenvalue weighted by Gasteiger charge is -2.01. The van der Waals surface area contributed by atoms with E-state index in [2.05, 4.69) is 9.97 Å². The average Bonchev–Trinajstić information content (AvgIpc) is 3.48. The standard InChI is InChI=1S/C26H14F2N2O3S2/c27-17-5-1-15(2-6-17)25-29-21-11-9-19(13-23(21)31-25)34-33-35-20-10-12-22-24(14-20)32-26(30-22)16-3-7-18(28)8-4-16/h1-14H. The van der Waals surface area contributed by atoms with E-state index in [9.17, 15) is 8.78 Å². The molecule has 6 aromatic rings. The van der Waals surface area contributed by atoms with Gasteiger partial charge in [0, 0.05) is 45.0 Å². The van der Waals surface area contributed by atoms with Crippen LogP contribution in [0.3, 0.4) is 0 Å². The Hall–Kier alpha value is -3.66. The summed E-state index contributed by atoms with van der Waals surface area (Å²) in [6.07, 6.45) is 0. The summed E-state index contributed by atoms with van der Waals surface area (Å²) in [5.74, 6) is 0.235. The number of benzene rings is 4. The molecule has 0 saturated carbocycles. The Kier molecular flexibility index (Phi) is 5.73. The fourth-order valence-corrected chi connectivity index (χ4v) is 4.76. The van der Waals surface area contributed by atoms with Crippen molar-refractivity contribution in [2.75, 3.05) is 0 Å². The van der Waals surface area contributed by atoms with E-state index >= 15 is 0 Å². The molecule has 0 unspecified atom stereocenters. The molecule has 2 aromatic heterocycles. The Labute approximate surface area is 206 Å². The van der Waals surface area contributed by atoms with E-state index < -0.39 is 0 Å². The number of nitrogens with zero attached hydrogens (tertiary/aromatic N) is 2. The molecule has 35 heavy (non-hydrogen) atoms. The molecule has 5 nitrogen and oxygen atoms in total. The smallest absolute Gasteiger partial charge is 0.227 e. The van der Waals surface area contributed by atoms with Gasteiger partial charge < -0.3 is 8.83 Å². The van der Waals surface area contributed by atoms with Crippen LogP contribution in [0, 0.1) is 11.6 Å². The SMILES string of the molecule is Fc1ccc(-c2nc3ccc(SOSc4ccc5nc(-c6ccc(F)cc6)oc5c4)cc3o2)cc1. The molecule has 0 radical (unpaired) electrons. The largest absolute Gasteiger partial charge is 0.436 e. The van der Waals surface area contributed by atoms with Crippen LogP contribution in [0.25, 0.3) is 45.1 Å². The van der Waals surface area contributed by atoms with Crippen molar-refractivity contribution in [1.29, 1.82) is 0 Å². The molecule has 2 heterocycles. The molecule has 0 aliphatic rings. The summed E-state index contributed by atoms with van der Waals surface area (Å²) in [7, 11) is 0. The first kappa shape index (κ1) is 21.8. The maximum Gasteiger partial charge on any atom is 0.227 e. The number of oxazole rings is 2. The van der Waals surface area contributed by atoms with Crippen LogP contribution in [0.2, 0.25) is 0 Å². The molecule has 0 amide bonds. The van der Waals surface area contributed by atoms with Crippen LogP contribution in [0.1, 0.15) is 0 Å². The van der Waals surface area contributed by atoms with Gasteiger partial charge in [0.15, 0.2) is 11.2 Å². The first-order valence-corrected chi connectivity index (χ1v) is 11.9. The van der Waals surface area contributed by atoms with E-state index in [1.165, 1.54) is 48.4 Å². The van der Waals surface area contributed by atoms with Gasteiger partial charge in [0.25, 0.3) is 0 Å². The van der Waals surface area contributed by atoms with Crippen molar-refractivity contribution in [3.8, 4) is 22.9 Å². The monoisotopic (exact) mass is 504 g/mol. The topological polar surface area (TPSA) is 61.3 Å². The minimum absolute atomic E-state index is 0.311. The van der Waals surface area contributed by atoms with Crippen LogP contribution in [-0.4, -0.2) is 9.97 Å². The van der Waals surface area contributed by atoms with Gasteiger partial charge in [-0.2, -0.15) is 0 Å². The summed E-state index contributed by atoms with van der Waals surface area (Å²) in [5, 5.41) is 0. The van der Waals surface area contributed by atoms with Gasteiger partial charge in [-0.1, -0.05) is 0 Å². The third-order valence-electron chi connectivity index (χ3n) is 5.16. The second-order valence-corrected chi connectivity index (χ2v) is 9.37. The zero-order valence-electron chi connectivity index (χ0n) is 17.8. The highest BCUT2D eigenvalue weighted by Gasteiger charge is 2.12. The first-order valence-electron chi connectivity index (χ1n) is 10.4. The van der Waals surface area contributed by atoms with Crippen LogP contribution in [0.4, 0.5) is 8.78 Å². The fourth-order valence-electron chi connectivity index (χ4n) is 3.44. The molecule has 4 aromatic carbocycles. The van der Waals surface area contributed by atoms with Crippen LogP contribution in [0.5, 0.6) is 0 Å². The Morgan fingerprint density at radius 3 is 1.43 bits per heavy atom. The number of halogens is 2. The normalized spacial score (nSPS) is 11.5. The maximum absolute atomic E-state index is 13.2. The number of aromatic nitrogens is 2. The second-order valence-electron chi connectivity index (χ2n) is 7.55. The quantitative estimate of drug-likeness (QED) is 0.211. The molecule has 0 aliphatic heterocycles. The van der Waals surface area contributed by atoms with Gasteiger partial charge in [0.05, 0.1) is 0 Å². The minimum Gasteiger partial charge on any atom is -0.436 e. The third-order valence-corrected chi connectivity index (χ3v) is 6.60. The summed E-state index contributed by atoms with van der Waals surface area (Å²) in [5.41, 5.74) is 4.03. The van der Waals surface area contributed by atoms with Crippen LogP contribution < -0.4 is 0 Å². The molecule has 0 atom stereocenters. The van der Waals surface area contributed by atoms with Crippen molar-refractivity contribution in [2.24, 2.45) is 0 Å². The van der Waals surface area contributed by atoms with Gasteiger partial charge in [0.1, 0.15) is 22.7 Å². The number of rotatable bonds is 6. The molecule has 6 rings (SSSR count). The van der Waals surface area contributed by atoms with Gasteiger partial charge >= 0.3 is 0 Å². The van der Waals surface area contributed by atoms with Gasteiger partial charge in [-0.3, -0.25) is 0 Å².